The van der Waals surface area contributed by atoms with E-state index in [2.05, 4.69) is 0 Å². The van der Waals surface area contributed by atoms with Gasteiger partial charge in [-0.3, -0.25) is 4.79 Å². The van der Waals surface area contributed by atoms with E-state index >= 15 is 0 Å². The van der Waals surface area contributed by atoms with E-state index in [1.54, 1.807) is 0 Å². The van der Waals surface area contributed by atoms with Gasteiger partial charge in [-0.1, -0.05) is 6.07 Å². The molecule has 0 bridgehead atoms. The lowest BCUT2D eigenvalue weighted by Gasteiger charge is -2.13. The van der Waals surface area contributed by atoms with E-state index in [-0.39, 0.29) is 12.0 Å². The number of phenolic OH excluding ortho intramolecular Hbond substituents is 1. The number of benzene rings is 1. The van der Waals surface area contributed by atoms with Crippen molar-refractivity contribution in [2.45, 2.75) is 19.0 Å². The lowest BCUT2D eigenvalue weighted by molar-refractivity contribution is -0.140. The minimum absolute atomic E-state index is 0.350. The lowest BCUT2D eigenvalue weighted by atomic mass is 10.0. The number of hydrogen-bond acceptors (Lipinski definition) is 2. The van der Waals surface area contributed by atoms with Crippen LogP contribution in [0.1, 0.15) is 17.5 Å². The van der Waals surface area contributed by atoms with E-state index in [0.29, 0.717) is 0 Å². The molecule has 1 aromatic rings. The van der Waals surface area contributed by atoms with Crippen LogP contribution in [0.4, 0.5) is 13.2 Å². The largest absolute Gasteiger partial charge is 0.508 e. The second kappa shape index (κ2) is 4.42. The number of carbonyl (C=O) groups is 1. The zero-order valence-corrected chi connectivity index (χ0v) is 8.08. The summed E-state index contributed by atoms with van der Waals surface area (Å²) in [7, 11) is 0. The van der Waals surface area contributed by atoms with Gasteiger partial charge >= 0.3 is 12.1 Å². The van der Waals surface area contributed by atoms with Gasteiger partial charge in [-0.05, 0) is 18.6 Å². The van der Waals surface area contributed by atoms with Crippen molar-refractivity contribution in [1.82, 2.24) is 0 Å². The molecule has 3 nitrogen and oxygen atoms in total. The van der Waals surface area contributed by atoms with Crippen LogP contribution in [0.3, 0.4) is 0 Å². The van der Waals surface area contributed by atoms with Crippen molar-refractivity contribution in [2.24, 2.45) is 0 Å². The van der Waals surface area contributed by atoms with Crippen LogP contribution in [0.2, 0.25) is 0 Å². The van der Waals surface area contributed by atoms with E-state index in [4.69, 9.17) is 5.11 Å². The number of carboxylic acid groups (broad SMARTS) is 1. The number of aliphatic carboxylic acids is 1. The first-order valence-electron chi connectivity index (χ1n) is 4.42. The molecule has 0 atom stereocenters. The molecule has 0 saturated carbocycles. The Labute approximate surface area is 89.1 Å². The van der Waals surface area contributed by atoms with E-state index in [1.807, 2.05) is 0 Å². The van der Waals surface area contributed by atoms with E-state index in [0.717, 1.165) is 18.2 Å². The minimum Gasteiger partial charge on any atom is -0.508 e. The van der Waals surface area contributed by atoms with Gasteiger partial charge in [0.15, 0.2) is 0 Å². The molecule has 0 spiro atoms. The van der Waals surface area contributed by atoms with Crippen LogP contribution in [0.5, 0.6) is 5.75 Å². The summed E-state index contributed by atoms with van der Waals surface area (Å²) in [6.45, 7) is 0. The highest BCUT2D eigenvalue weighted by molar-refractivity contribution is 5.67. The van der Waals surface area contributed by atoms with Gasteiger partial charge < -0.3 is 10.2 Å². The van der Waals surface area contributed by atoms with Gasteiger partial charge in [0, 0.05) is 12.0 Å². The predicted octanol–water partition coefficient (Wildman–Crippen LogP) is 2.43. The third-order valence-electron chi connectivity index (χ3n) is 2.05. The minimum atomic E-state index is -4.59. The fourth-order valence-electron chi connectivity index (χ4n) is 1.33. The van der Waals surface area contributed by atoms with Crippen LogP contribution < -0.4 is 0 Å². The lowest BCUT2D eigenvalue weighted by Crippen LogP contribution is -2.10. The molecule has 0 amide bonds. The maximum atomic E-state index is 12.5. The molecule has 0 aromatic heterocycles. The smallest absolute Gasteiger partial charge is 0.416 e. The van der Waals surface area contributed by atoms with Crippen LogP contribution in [-0.4, -0.2) is 16.2 Å². The van der Waals surface area contributed by atoms with E-state index in [1.165, 1.54) is 0 Å². The molecule has 2 N–H and O–H groups in total. The Morgan fingerprint density at radius 3 is 2.44 bits per heavy atom. The Hall–Kier alpha value is -1.72. The van der Waals surface area contributed by atoms with Crippen LogP contribution in [0, 0.1) is 0 Å². The first-order valence-corrected chi connectivity index (χ1v) is 4.42. The van der Waals surface area contributed by atoms with Crippen LogP contribution in [0.15, 0.2) is 18.2 Å². The number of carboxylic acids is 1. The standard InChI is InChI=1S/C10H9F3O3/c11-10(12,13)7-2-1-3-8(14)6(7)4-5-9(15)16/h1-3,14H,4-5H2,(H,15,16). The number of rotatable bonds is 3. The first-order chi connectivity index (χ1) is 7.32. The average Bonchev–Trinajstić information content (AvgIpc) is 2.13. The monoisotopic (exact) mass is 234 g/mol. The van der Waals surface area contributed by atoms with Crippen molar-refractivity contribution in [3.63, 3.8) is 0 Å². The molecule has 6 heteroatoms. The van der Waals surface area contributed by atoms with Crippen molar-refractivity contribution in [3.05, 3.63) is 29.3 Å². The molecule has 0 aliphatic carbocycles. The molecule has 1 aromatic carbocycles. The molecular formula is C10H9F3O3. The van der Waals surface area contributed by atoms with E-state index in [9.17, 15) is 23.1 Å². The molecule has 0 aliphatic rings. The highest BCUT2D eigenvalue weighted by atomic mass is 19.4. The fraction of sp³-hybridized carbons (Fsp3) is 0.300. The maximum Gasteiger partial charge on any atom is 0.416 e. The number of phenols is 1. The highest BCUT2D eigenvalue weighted by Crippen LogP contribution is 2.36. The third kappa shape index (κ3) is 2.88. The Kier molecular flexibility index (Phi) is 3.41. The van der Waals surface area contributed by atoms with Crippen LogP contribution in [-0.2, 0) is 17.4 Å². The quantitative estimate of drug-likeness (QED) is 0.844. The van der Waals surface area contributed by atoms with Gasteiger partial charge in [0.2, 0.25) is 0 Å². The summed E-state index contributed by atoms with van der Waals surface area (Å²) < 4.78 is 37.5. The average molecular weight is 234 g/mol. The Balaban J connectivity index is 3.09. The van der Waals surface area contributed by atoms with Gasteiger partial charge in [-0.2, -0.15) is 13.2 Å². The Bertz CT molecular complexity index is 399. The molecule has 1 rings (SSSR count). The fourth-order valence-corrected chi connectivity index (χ4v) is 1.33. The van der Waals surface area contributed by atoms with Gasteiger partial charge in [0.05, 0.1) is 5.56 Å². The van der Waals surface area contributed by atoms with Crippen LogP contribution >= 0.6 is 0 Å². The topological polar surface area (TPSA) is 57.5 Å². The van der Waals surface area contributed by atoms with Gasteiger partial charge in [-0.25, -0.2) is 0 Å². The van der Waals surface area contributed by atoms with Gasteiger partial charge in [0.25, 0.3) is 0 Å². The molecule has 16 heavy (non-hydrogen) atoms. The summed E-state index contributed by atoms with van der Waals surface area (Å²) in [5.41, 5.74) is -1.37. The zero-order chi connectivity index (χ0) is 12.3. The molecule has 0 saturated heterocycles. The Morgan fingerprint density at radius 1 is 1.31 bits per heavy atom. The first kappa shape index (κ1) is 12.4. The number of hydrogen-bond donors (Lipinski definition) is 2. The SMILES string of the molecule is O=C(O)CCc1c(O)cccc1C(F)(F)F. The van der Waals surface area contributed by atoms with Crippen LogP contribution in [0.25, 0.3) is 0 Å². The molecule has 0 radical (unpaired) electrons. The van der Waals surface area contributed by atoms with Crippen molar-refractivity contribution in [2.75, 3.05) is 0 Å². The normalized spacial score (nSPS) is 11.4. The second-order valence-corrected chi connectivity index (χ2v) is 3.19. The van der Waals surface area contributed by atoms with Crippen molar-refractivity contribution >= 4 is 5.97 Å². The van der Waals surface area contributed by atoms with Crippen molar-refractivity contribution < 1.29 is 28.2 Å². The summed E-state index contributed by atoms with van der Waals surface area (Å²) in [6, 6.07) is 2.99. The third-order valence-corrected chi connectivity index (χ3v) is 2.05. The summed E-state index contributed by atoms with van der Waals surface area (Å²) in [5.74, 6) is -1.74. The molecule has 0 fully saturated rings. The summed E-state index contributed by atoms with van der Waals surface area (Å²) in [5, 5.41) is 17.7. The second-order valence-electron chi connectivity index (χ2n) is 3.19. The molecule has 88 valence electrons. The molecule has 0 aliphatic heterocycles. The molecular weight excluding hydrogens is 225 g/mol. The van der Waals surface area contributed by atoms with E-state index < -0.39 is 29.9 Å². The number of halogens is 3. The summed E-state index contributed by atoms with van der Waals surface area (Å²) in [4.78, 5) is 10.3. The highest BCUT2D eigenvalue weighted by Gasteiger charge is 2.34. The van der Waals surface area contributed by atoms with Gasteiger partial charge in [-0.15, -0.1) is 0 Å². The molecule has 0 unspecified atom stereocenters. The maximum absolute atomic E-state index is 12.5. The number of alkyl halides is 3. The molecule has 0 heterocycles. The van der Waals surface area contributed by atoms with Crippen molar-refractivity contribution in [3.8, 4) is 5.75 Å². The predicted molar refractivity (Wildman–Crippen MR) is 49.1 cm³/mol. The summed E-state index contributed by atoms with van der Waals surface area (Å²) in [6.07, 6.45) is -5.40. The Morgan fingerprint density at radius 2 is 1.94 bits per heavy atom. The zero-order valence-electron chi connectivity index (χ0n) is 8.08. The summed E-state index contributed by atoms with van der Waals surface area (Å²) >= 11 is 0. The number of aromatic hydroxyl groups is 1. The van der Waals surface area contributed by atoms with Crippen molar-refractivity contribution in [1.29, 1.82) is 0 Å². The van der Waals surface area contributed by atoms with Gasteiger partial charge in [0.1, 0.15) is 5.75 Å².